The number of H-pyrrole nitrogens is 1. The van der Waals surface area contributed by atoms with Crippen LogP contribution in [0.2, 0.25) is 0 Å². The number of likely N-dealkylation sites (N-methyl/N-ethyl adjacent to an activating group) is 1. The Kier molecular flexibility index (Phi) is 4.63. The van der Waals surface area contributed by atoms with Gasteiger partial charge in [-0.15, -0.1) is 0 Å². The number of benzene rings is 1. The second-order valence-electron chi connectivity index (χ2n) is 6.39. The molecule has 2 heterocycles. The number of para-hydroxylation sites is 1. The lowest BCUT2D eigenvalue weighted by molar-refractivity contribution is -0.133. The molecule has 124 valence electrons. The number of carbonyl (C=O) groups excluding carboxylic acids is 1. The molecule has 2 N–H and O–H groups in total. The first-order chi connectivity index (χ1) is 11.1. The van der Waals surface area contributed by atoms with Gasteiger partial charge in [0, 0.05) is 20.6 Å². The lowest BCUT2D eigenvalue weighted by Gasteiger charge is -2.26. The van der Waals surface area contributed by atoms with E-state index in [4.69, 9.17) is 4.98 Å². The highest BCUT2D eigenvalue weighted by Crippen LogP contribution is 2.24. The minimum Gasteiger partial charge on any atom is -0.347 e. The predicted octanol–water partition coefficient (Wildman–Crippen LogP) is 1.33. The van der Waals surface area contributed by atoms with Gasteiger partial charge < -0.3 is 15.2 Å². The van der Waals surface area contributed by atoms with Crippen LogP contribution >= 0.6 is 0 Å². The summed E-state index contributed by atoms with van der Waals surface area (Å²) in [6.45, 7) is 2.46. The molecule has 1 aliphatic heterocycles. The first kappa shape index (κ1) is 16.0. The summed E-state index contributed by atoms with van der Waals surface area (Å²) in [5.41, 5.74) is 3.25. The van der Waals surface area contributed by atoms with Crippen molar-refractivity contribution in [1.82, 2.24) is 25.1 Å². The molecule has 1 atom stereocenters. The maximum Gasteiger partial charge on any atom is 0.239 e. The number of likely N-dealkylation sites (tertiary alicyclic amines) is 1. The van der Waals surface area contributed by atoms with Crippen LogP contribution in [0.3, 0.4) is 0 Å². The molecule has 2 aromatic rings. The molecule has 1 aliphatic rings. The average Bonchev–Trinajstić information content (AvgIpc) is 3.13. The van der Waals surface area contributed by atoms with Crippen LogP contribution in [0, 0.1) is 0 Å². The van der Waals surface area contributed by atoms with Gasteiger partial charge in [-0.2, -0.15) is 0 Å². The predicted molar refractivity (Wildman–Crippen MR) is 91.0 cm³/mol. The highest BCUT2D eigenvalue weighted by atomic mass is 16.2. The topological polar surface area (TPSA) is 64.3 Å². The summed E-state index contributed by atoms with van der Waals surface area (Å²) in [5, 5.41) is 3.12. The van der Waals surface area contributed by atoms with Crippen molar-refractivity contribution in [1.29, 1.82) is 0 Å². The Balaban J connectivity index is 1.84. The van der Waals surface area contributed by atoms with Gasteiger partial charge >= 0.3 is 0 Å². The Morgan fingerprint density at radius 3 is 3.04 bits per heavy atom. The molecule has 0 bridgehead atoms. The monoisotopic (exact) mass is 315 g/mol. The molecule has 3 rings (SSSR count). The van der Waals surface area contributed by atoms with Crippen LogP contribution in [0.5, 0.6) is 0 Å². The van der Waals surface area contributed by atoms with E-state index in [9.17, 15) is 4.79 Å². The van der Waals surface area contributed by atoms with Crippen molar-refractivity contribution in [3.63, 3.8) is 0 Å². The average molecular weight is 315 g/mol. The molecule has 1 unspecified atom stereocenters. The molecule has 1 fully saturated rings. The zero-order valence-electron chi connectivity index (χ0n) is 14.1. The zero-order valence-corrected chi connectivity index (χ0v) is 14.1. The molecule has 0 aliphatic carbocycles. The summed E-state index contributed by atoms with van der Waals surface area (Å²) >= 11 is 0. The van der Waals surface area contributed by atoms with E-state index in [0.717, 1.165) is 49.3 Å². The van der Waals surface area contributed by atoms with Crippen molar-refractivity contribution in [2.75, 3.05) is 27.7 Å². The Morgan fingerprint density at radius 2 is 2.30 bits per heavy atom. The minimum atomic E-state index is -0.00373. The smallest absolute Gasteiger partial charge is 0.239 e. The van der Waals surface area contributed by atoms with Gasteiger partial charge in [0.25, 0.3) is 0 Å². The van der Waals surface area contributed by atoms with Crippen LogP contribution in [0.4, 0.5) is 0 Å². The molecule has 0 saturated carbocycles. The summed E-state index contributed by atoms with van der Waals surface area (Å²) in [6, 6.07) is 6.22. The highest BCUT2D eigenvalue weighted by molar-refractivity contribution is 5.82. The van der Waals surface area contributed by atoms with Crippen molar-refractivity contribution in [3.05, 3.63) is 29.6 Å². The lowest BCUT2D eigenvalue weighted by Crippen LogP contribution is -2.42. The third-order valence-corrected chi connectivity index (χ3v) is 4.45. The van der Waals surface area contributed by atoms with Crippen molar-refractivity contribution < 1.29 is 4.79 Å². The van der Waals surface area contributed by atoms with Crippen LogP contribution in [-0.4, -0.2) is 59.4 Å². The Labute approximate surface area is 136 Å². The highest BCUT2D eigenvalue weighted by Gasteiger charge is 2.31. The summed E-state index contributed by atoms with van der Waals surface area (Å²) in [5.74, 6) is 1.14. The summed E-state index contributed by atoms with van der Waals surface area (Å²) in [7, 11) is 5.57. The number of nitrogens with zero attached hydrogens (tertiary/aromatic N) is 3. The quantitative estimate of drug-likeness (QED) is 0.874. The van der Waals surface area contributed by atoms with E-state index >= 15 is 0 Å². The number of carbonyl (C=O) groups is 1. The lowest BCUT2D eigenvalue weighted by atomic mass is 10.1. The zero-order chi connectivity index (χ0) is 16.4. The molecular formula is C17H25N5O. The van der Waals surface area contributed by atoms with Gasteiger partial charge in [0.2, 0.25) is 5.91 Å². The van der Waals surface area contributed by atoms with Gasteiger partial charge in [-0.25, -0.2) is 4.98 Å². The fourth-order valence-electron chi connectivity index (χ4n) is 3.33. The number of hydrogen-bond donors (Lipinski definition) is 2. The number of nitrogens with one attached hydrogen (secondary N) is 2. The molecule has 6 nitrogen and oxygen atoms in total. The third kappa shape index (κ3) is 3.23. The Bertz CT molecular complexity index is 693. The molecule has 1 amide bonds. The van der Waals surface area contributed by atoms with Crippen LogP contribution in [0.15, 0.2) is 18.2 Å². The Morgan fingerprint density at radius 1 is 1.48 bits per heavy atom. The van der Waals surface area contributed by atoms with Gasteiger partial charge in [-0.1, -0.05) is 12.1 Å². The molecular weight excluding hydrogens is 290 g/mol. The SMILES string of the molecule is CNCc1nc2c(CN3CCCC3C(=O)N(C)C)cccc2[nH]1. The van der Waals surface area contributed by atoms with E-state index in [-0.39, 0.29) is 11.9 Å². The van der Waals surface area contributed by atoms with Crippen molar-refractivity contribution in [2.45, 2.75) is 32.0 Å². The van der Waals surface area contributed by atoms with E-state index in [1.165, 1.54) is 5.56 Å². The van der Waals surface area contributed by atoms with Crippen LogP contribution in [0.25, 0.3) is 11.0 Å². The van der Waals surface area contributed by atoms with E-state index in [1.54, 1.807) is 4.90 Å². The number of hydrogen-bond acceptors (Lipinski definition) is 4. The van der Waals surface area contributed by atoms with Crippen molar-refractivity contribution in [3.8, 4) is 0 Å². The molecule has 1 aromatic carbocycles. The molecule has 23 heavy (non-hydrogen) atoms. The summed E-state index contributed by atoms with van der Waals surface area (Å²) < 4.78 is 0. The fourth-order valence-corrected chi connectivity index (χ4v) is 3.33. The standard InChI is InChI=1S/C17H25N5O/c1-18-10-15-19-13-7-4-6-12(16(13)20-15)11-22-9-5-8-14(22)17(23)21(2)3/h4,6-7,14,18H,5,8-11H2,1-3H3,(H,19,20). The van der Waals surface area contributed by atoms with Crippen LogP contribution < -0.4 is 5.32 Å². The fraction of sp³-hybridized carbons (Fsp3) is 0.529. The van der Waals surface area contributed by atoms with Crippen molar-refractivity contribution >= 4 is 16.9 Å². The largest absolute Gasteiger partial charge is 0.347 e. The molecule has 6 heteroatoms. The van der Waals surface area contributed by atoms with Gasteiger partial charge in [0.1, 0.15) is 5.82 Å². The maximum atomic E-state index is 12.4. The van der Waals surface area contributed by atoms with Gasteiger partial charge in [0.15, 0.2) is 0 Å². The van der Waals surface area contributed by atoms with Gasteiger partial charge in [0.05, 0.1) is 23.6 Å². The Hall–Kier alpha value is -1.92. The normalized spacial score (nSPS) is 18.7. The van der Waals surface area contributed by atoms with E-state index in [0.29, 0.717) is 0 Å². The van der Waals surface area contributed by atoms with E-state index < -0.39 is 0 Å². The van der Waals surface area contributed by atoms with Crippen LogP contribution in [0.1, 0.15) is 24.2 Å². The first-order valence-corrected chi connectivity index (χ1v) is 8.16. The minimum absolute atomic E-state index is 0.00373. The summed E-state index contributed by atoms with van der Waals surface area (Å²) in [4.78, 5) is 24.4. The number of aromatic amines is 1. The van der Waals surface area contributed by atoms with Crippen molar-refractivity contribution in [2.24, 2.45) is 0 Å². The maximum absolute atomic E-state index is 12.4. The molecule has 0 radical (unpaired) electrons. The molecule has 1 aromatic heterocycles. The third-order valence-electron chi connectivity index (χ3n) is 4.45. The van der Waals surface area contributed by atoms with Gasteiger partial charge in [-0.3, -0.25) is 9.69 Å². The van der Waals surface area contributed by atoms with E-state index in [2.05, 4.69) is 33.4 Å². The number of amides is 1. The number of rotatable bonds is 5. The molecule has 0 spiro atoms. The van der Waals surface area contributed by atoms with Crippen LogP contribution in [-0.2, 0) is 17.9 Å². The number of fused-ring (bicyclic) bond motifs is 1. The number of imidazole rings is 1. The summed E-state index contributed by atoms with van der Waals surface area (Å²) in [6.07, 6.45) is 2.02. The second kappa shape index (κ2) is 6.68. The first-order valence-electron chi connectivity index (χ1n) is 8.16. The van der Waals surface area contributed by atoms with Gasteiger partial charge in [-0.05, 0) is 38.1 Å². The van der Waals surface area contributed by atoms with E-state index in [1.807, 2.05) is 21.1 Å². The second-order valence-corrected chi connectivity index (χ2v) is 6.39. The molecule has 1 saturated heterocycles. The number of aromatic nitrogens is 2.